The maximum atomic E-state index is 12.0. The van der Waals surface area contributed by atoms with Crippen molar-refractivity contribution in [2.45, 2.75) is 45.6 Å². The first-order valence-corrected chi connectivity index (χ1v) is 6.27. The number of carbonyl (C=O) groups excluding carboxylic acids is 1. The lowest BCUT2D eigenvalue weighted by Gasteiger charge is -2.31. The molecule has 0 saturated heterocycles. The van der Waals surface area contributed by atoms with Crippen LogP contribution in [0.5, 0.6) is 0 Å². The normalized spacial score (nSPS) is 17.5. The molecule has 5 heteroatoms. The van der Waals surface area contributed by atoms with Gasteiger partial charge in [0.2, 0.25) is 0 Å². The van der Waals surface area contributed by atoms with E-state index in [0.717, 1.165) is 12.1 Å². The van der Waals surface area contributed by atoms with Crippen molar-refractivity contribution in [3.8, 4) is 0 Å². The minimum Gasteiger partial charge on any atom is -0.395 e. The SMILES string of the molecule is CCc1[nH]nc(C(=O)NC(C)C2CCC2)c1N. The van der Waals surface area contributed by atoms with Crippen LogP contribution in [0.2, 0.25) is 0 Å². The lowest BCUT2D eigenvalue weighted by atomic mass is 9.80. The van der Waals surface area contributed by atoms with Crippen molar-refractivity contribution in [2.75, 3.05) is 5.73 Å². The molecule has 1 aliphatic rings. The summed E-state index contributed by atoms with van der Waals surface area (Å²) in [4.78, 5) is 12.0. The van der Waals surface area contributed by atoms with Crippen molar-refractivity contribution in [1.82, 2.24) is 15.5 Å². The molecule has 0 spiro atoms. The third-order valence-electron chi connectivity index (χ3n) is 3.67. The molecule has 0 aliphatic heterocycles. The van der Waals surface area contributed by atoms with Crippen LogP contribution in [-0.4, -0.2) is 22.1 Å². The summed E-state index contributed by atoms with van der Waals surface area (Å²) >= 11 is 0. The summed E-state index contributed by atoms with van der Waals surface area (Å²) < 4.78 is 0. The van der Waals surface area contributed by atoms with Crippen molar-refractivity contribution in [2.24, 2.45) is 5.92 Å². The highest BCUT2D eigenvalue weighted by Gasteiger charge is 2.26. The van der Waals surface area contributed by atoms with E-state index in [1.807, 2.05) is 13.8 Å². The second-order valence-electron chi connectivity index (χ2n) is 4.77. The Kier molecular flexibility index (Phi) is 3.36. The zero-order chi connectivity index (χ0) is 12.4. The van der Waals surface area contributed by atoms with Gasteiger partial charge >= 0.3 is 0 Å². The Hall–Kier alpha value is -1.52. The molecule has 17 heavy (non-hydrogen) atoms. The van der Waals surface area contributed by atoms with Gasteiger partial charge in [-0.15, -0.1) is 0 Å². The molecule has 1 aliphatic carbocycles. The van der Waals surface area contributed by atoms with Crippen LogP contribution in [0.3, 0.4) is 0 Å². The van der Waals surface area contributed by atoms with Crippen molar-refractivity contribution < 1.29 is 4.79 Å². The molecule has 1 heterocycles. The second kappa shape index (κ2) is 4.77. The Bertz CT molecular complexity index is 409. The highest BCUT2D eigenvalue weighted by molar-refractivity contribution is 5.97. The molecular weight excluding hydrogens is 216 g/mol. The number of hydrogen-bond donors (Lipinski definition) is 3. The van der Waals surface area contributed by atoms with E-state index in [-0.39, 0.29) is 11.9 Å². The van der Waals surface area contributed by atoms with Gasteiger partial charge in [0.05, 0.1) is 11.4 Å². The zero-order valence-corrected chi connectivity index (χ0v) is 10.4. The lowest BCUT2D eigenvalue weighted by molar-refractivity contribution is 0.0905. The number of H-pyrrole nitrogens is 1. The number of aromatic nitrogens is 2. The van der Waals surface area contributed by atoms with Crippen molar-refractivity contribution in [3.05, 3.63) is 11.4 Å². The molecule has 1 amide bonds. The monoisotopic (exact) mass is 236 g/mol. The molecule has 4 N–H and O–H groups in total. The molecule has 1 saturated carbocycles. The van der Waals surface area contributed by atoms with Crippen LogP contribution in [0.1, 0.15) is 49.3 Å². The van der Waals surface area contributed by atoms with Gasteiger partial charge in [-0.1, -0.05) is 13.3 Å². The molecular formula is C12H20N4O. The number of aromatic amines is 1. The minimum atomic E-state index is -0.169. The number of rotatable bonds is 4. The number of nitrogens with one attached hydrogen (secondary N) is 2. The summed E-state index contributed by atoms with van der Waals surface area (Å²) in [5.41, 5.74) is 7.49. The fourth-order valence-corrected chi connectivity index (χ4v) is 2.16. The summed E-state index contributed by atoms with van der Waals surface area (Å²) in [5, 5.41) is 9.75. The van der Waals surface area contributed by atoms with Crippen molar-refractivity contribution in [3.63, 3.8) is 0 Å². The lowest BCUT2D eigenvalue weighted by Crippen LogP contribution is -2.41. The van der Waals surface area contributed by atoms with E-state index in [9.17, 15) is 4.79 Å². The number of aryl methyl sites for hydroxylation is 1. The highest BCUT2D eigenvalue weighted by Crippen LogP contribution is 2.29. The average molecular weight is 236 g/mol. The van der Waals surface area contributed by atoms with Crippen LogP contribution < -0.4 is 11.1 Å². The molecule has 94 valence electrons. The van der Waals surface area contributed by atoms with Crippen LogP contribution in [0.4, 0.5) is 5.69 Å². The van der Waals surface area contributed by atoms with E-state index in [4.69, 9.17) is 5.73 Å². The number of nitrogen functional groups attached to an aromatic ring is 1. The van der Waals surface area contributed by atoms with Crippen LogP contribution in [0.15, 0.2) is 0 Å². The molecule has 1 aromatic heterocycles. The molecule has 0 radical (unpaired) electrons. The predicted molar refractivity (Wildman–Crippen MR) is 66.6 cm³/mol. The molecule has 2 rings (SSSR count). The van der Waals surface area contributed by atoms with E-state index in [1.54, 1.807) is 0 Å². The maximum Gasteiger partial charge on any atom is 0.274 e. The zero-order valence-electron chi connectivity index (χ0n) is 10.4. The molecule has 0 aromatic carbocycles. The maximum absolute atomic E-state index is 12.0. The van der Waals surface area contributed by atoms with Gasteiger partial charge < -0.3 is 11.1 Å². The fraction of sp³-hybridized carbons (Fsp3) is 0.667. The summed E-state index contributed by atoms with van der Waals surface area (Å²) in [6.07, 6.45) is 4.44. The highest BCUT2D eigenvalue weighted by atomic mass is 16.2. The number of amides is 1. The van der Waals surface area contributed by atoms with Crippen LogP contribution in [0.25, 0.3) is 0 Å². The predicted octanol–water partition coefficient (Wildman–Crippen LogP) is 1.47. The smallest absolute Gasteiger partial charge is 0.274 e. The molecule has 1 aromatic rings. The quantitative estimate of drug-likeness (QED) is 0.740. The van der Waals surface area contributed by atoms with E-state index in [0.29, 0.717) is 17.3 Å². The average Bonchev–Trinajstić information content (AvgIpc) is 2.56. The first kappa shape index (κ1) is 12.0. The second-order valence-corrected chi connectivity index (χ2v) is 4.77. The Labute approximate surface area is 101 Å². The molecule has 1 atom stereocenters. The molecule has 1 fully saturated rings. The number of anilines is 1. The van der Waals surface area contributed by atoms with Crippen molar-refractivity contribution >= 4 is 11.6 Å². The fourth-order valence-electron chi connectivity index (χ4n) is 2.16. The minimum absolute atomic E-state index is 0.169. The Morgan fingerprint density at radius 3 is 2.82 bits per heavy atom. The van der Waals surface area contributed by atoms with E-state index >= 15 is 0 Å². The van der Waals surface area contributed by atoms with Crippen molar-refractivity contribution in [1.29, 1.82) is 0 Å². The van der Waals surface area contributed by atoms with Crippen LogP contribution >= 0.6 is 0 Å². The Balaban J connectivity index is 2.01. The third-order valence-corrected chi connectivity index (χ3v) is 3.67. The Morgan fingerprint density at radius 2 is 2.35 bits per heavy atom. The number of hydrogen-bond acceptors (Lipinski definition) is 3. The van der Waals surface area contributed by atoms with Gasteiger partial charge in [0.15, 0.2) is 5.69 Å². The summed E-state index contributed by atoms with van der Waals surface area (Å²) in [7, 11) is 0. The number of carbonyl (C=O) groups is 1. The third kappa shape index (κ3) is 2.28. The summed E-state index contributed by atoms with van der Waals surface area (Å²) in [6.45, 7) is 4.02. The largest absolute Gasteiger partial charge is 0.395 e. The summed E-state index contributed by atoms with van der Waals surface area (Å²) in [5.74, 6) is 0.447. The van der Waals surface area contributed by atoms with Crippen LogP contribution in [-0.2, 0) is 6.42 Å². The van der Waals surface area contributed by atoms with E-state index < -0.39 is 0 Å². The van der Waals surface area contributed by atoms with Gasteiger partial charge in [-0.05, 0) is 32.1 Å². The van der Waals surface area contributed by atoms with Gasteiger partial charge in [0, 0.05) is 6.04 Å². The number of nitrogens with two attached hydrogens (primary N) is 1. The van der Waals surface area contributed by atoms with Gasteiger partial charge in [0.1, 0.15) is 0 Å². The topological polar surface area (TPSA) is 83.8 Å². The first-order chi connectivity index (χ1) is 8.13. The molecule has 0 bridgehead atoms. The van der Waals surface area contributed by atoms with Gasteiger partial charge in [0.25, 0.3) is 5.91 Å². The first-order valence-electron chi connectivity index (χ1n) is 6.27. The van der Waals surface area contributed by atoms with Gasteiger partial charge in [-0.2, -0.15) is 5.10 Å². The van der Waals surface area contributed by atoms with E-state index in [2.05, 4.69) is 15.5 Å². The van der Waals surface area contributed by atoms with Crippen LogP contribution in [0, 0.1) is 5.92 Å². The molecule has 1 unspecified atom stereocenters. The van der Waals surface area contributed by atoms with Gasteiger partial charge in [-0.25, -0.2) is 0 Å². The Morgan fingerprint density at radius 1 is 1.65 bits per heavy atom. The summed E-state index contributed by atoms with van der Waals surface area (Å²) in [6, 6.07) is 0.206. The van der Waals surface area contributed by atoms with Gasteiger partial charge in [-0.3, -0.25) is 9.89 Å². The van der Waals surface area contributed by atoms with E-state index in [1.165, 1.54) is 19.3 Å². The number of nitrogens with zero attached hydrogens (tertiary/aromatic N) is 1. The standard InChI is InChI=1S/C12H20N4O/c1-3-9-10(13)11(16-15-9)12(17)14-7(2)8-5-4-6-8/h7-8H,3-6,13H2,1-2H3,(H,14,17)(H,15,16). The molecule has 5 nitrogen and oxygen atoms in total.